The number of anilines is 1. The summed E-state index contributed by atoms with van der Waals surface area (Å²) in [6.07, 6.45) is -0.523. The number of nitrogens with zero attached hydrogens (tertiary/aromatic N) is 2. The standard InChI is InChI=1S/C30H49N7O8/c1-19(2)24(33-20(3)38)26(40)35-23(10-9-15-32-27(31)41)25(39)34-22-13-11-21(12-14-22)18-44-28(42)36(7)16-17-37(8)29(43)45-30(4,5)6/h11-14,19,23-24H,9-10,15-18H2,1-8H3,(H,33,38)(H,34,39)(H,35,40)(H3,31,32,41)/t23-,24-/m0/s1. The van der Waals surface area contributed by atoms with Crippen LogP contribution in [-0.2, 0) is 30.5 Å². The molecule has 15 nitrogen and oxygen atoms in total. The molecule has 6 N–H and O–H groups in total. The summed E-state index contributed by atoms with van der Waals surface area (Å²) < 4.78 is 10.7. The van der Waals surface area contributed by atoms with Gasteiger partial charge in [-0.2, -0.15) is 0 Å². The number of benzene rings is 1. The van der Waals surface area contributed by atoms with Gasteiger partial charge in [-0.15, -0.1) is 0 Å². The topological polar surface area (TPSA) is 201 Å². The summed E-state index contributed by atoms with van der Waals surface area (Å²) in [6, 6.07) is 4.10. The second kappa shape index (κ2) is 18.3. The molecule has 45 heavy (non-hydrogen) atoms. The first kappa shape index (κ1) is 38.5. The summed E-state index contributed by atoms with van der Waals surface area (Å²) in [6.45, 7) is 10.8. The van der Waals surface area contributed by atoms with Crippen LogP contribution in [0.25, 0.3) is 0 Å². The van der Waals surface area contributed by atoms with E-state index in [0.29, 0.717) is 17.7 Å². The molecule has 0 aliphatic heterocycles. The molecule has 1 rings (SSSR count). The van der Waals surface area contributed by atoms with Crippen molar-refractivity contribution in [2.75, 3.05) is 39.0 Å². The third-order valence-corrected chi connectivity index (χ3v) is 6.28. The molecule has 2 atom stereocenters. The van der Waals surface area contributed by atoms with Gasteiger partial charge in [-0.05, 0) is 57.2 Å². The lowest BCUT2D eigenvalue weighted by Gasteiger charge is -2.26. The minimum absolute atomic E-state index is 0.0232. The van der Waals surface area contributed by atoms with E-state index in [4.69, 9.17) is 15.2 Å². The van der Waals surface area contributed by atoms with E-state index in [0.717, 1.165) is 0 Å². The average Bonchev–Trinajstić information content (AvgIpc) is 2.93. The molecule has 0 saturated heterocycles. The van der Waals surface area contributed by atoms with Crippen molar-refractivity contribution in [1.82, 2.24) is 25.8 Å². The molecule has 0 fully saturated rings. The number of hydrogen-bond acceptors (Lipinski definition) is 8. The maximum absolute atomic E-state index is 13.2. The molecule has 15 heteroatoms. The molecule has 0 saturated carbocycles. The van der Waals surface area contributed by atoms with Crippen molar-refractivity contribution in [1.29, 1.82) is 0 Å². The van der Waals surface area contributed by atoms with Crippen molar-refractivity contribution >= 4 is 41.6 Å². The summed E-state index contributed by atoms with van der Waals surface area (Å²) in [4.78, 5) is 75.9. The maximum atomic E-state index is 13.2. The second-order valence-corrected chi connectivity index (χ2v) is 12.0. The predicted molar refractivity (Wildman–Crippen MR) is 168 cm³/mol. The lowest BCUT2D eigenvalue weighted by atomic mass is 10.0. The molecule has 0 bridgehead atoms. The molecular formula is C30H49N7O8. The van der Waals surface area contributed by atoms with E-state index in [9.17, 15) is 28.8 Å². The number of hydrogen-bond donors (Lipinski definition) is 5. The zero-order valence-corrected chi connectivity index (χ0v) is 27.5. The van der Waals surface area contributed by atoms with Gasteiger partial charge in [0, 0.05) is 46.3 Å². The Morgan fingerprint density at radius 1 is 0.889 bits per heavy atom. The maximum Gasteiger partial charge on any atom is 0.410 e. The molecule has 0 aromatic heterocycles. The Kier molecular flexibility index (Phi) is 15.6. The van der Waals surface area contributed by atoms with Crippen LogP contribution in [0.5, 0.6) is 0 Å². The highest BCUT2D eigenvalue weighted by molar-refractivity contribution is 5.98. The molecule has 0 heterocycles. The van der Waals surface area contributed by atoms with Crippen LogP contribution in [0.2, 0.25) is 0 Å². The average molecular weight is 636 g/mol. The van der Waals surface area contributed by atoms with Crippen molar-refractivity contribution in [2.24, 2.45) is 11.7 Å². The number of ether oxygens (including phenoxy) is 2. The van der Waals surface area contributed by atoms with Gasteiger partial charge < -0.3 is 46.3 Å². The number of carbonyl (C=O) groups is 6. The number of nitrogens with two attached hydrogens (primary N) is 1. The predicted octanol–water partition coefficient (Wildman–Crippen LogP) is 2.15. The van der Waals surface area contributed by atoms with E-state index in [1.165, 1.54) is 16.7 Å². The minimum Gasteiger partial charge on any atom is -0.445 e. The molecule has 7 amide bonds. The summed E-state index contributed by atoms with van der Waals surface area (Å²) >= 11 is 0. The van der Waals surface area contributed by atoms with Crippen LogP contribution in [0.3, 0.4) is 0 Å². The molecule has 1 aromatic carbocycles. The fourth-order valence-corrected chi connectivity index (χ4v) is 3.79. The van der Waals surface area contributed by atoms with Crippen LogP contribution < -0.4 is 27.0 Å². The summed E-state index contributed by atoms with van der Waals surface area (Å²) in [5.74, 6) is -1.61. The van der Waals surface area contributed by atoms with E-state index >= 15 is 0 Å². The van der Waals surface area contributed by atoms with Gasteiger partial charge in [0.15, 0.2) is 0 Å². The summed E-state index contributed by atoms with van der Waals surface area (Å²) in [7, 11) is 3.14. The fraction of sp³-hybridized carbons (Fsp3) is 0.600. The van der Waals surface area contributed by atoms with Gasteiger partial charge in [0.2, 0.25) is 17.7 Å². The Bertz CT molecular complexity index is 1170. The number of rotatable bonds is 15. The van der Waals surface area contributed by atoms with Gasteiger partial charge >= 0.3 is 18.2 Å². The lowest BCUT2D eigenvalue weighted by Crippen LogP contribution is -2.54. The second-order valence-electron chi connectivity index (χ2n) is 12.0. The highest BCUT2D eigenvalue weighted by Crippen LogP contribution is 2.13. The number of amides is 7. The van der Waals surface area contributed by atoms with Gasteiger partial charge in [0.25, 0.3) is 0 Å². The Morgan fingerprint density at radius 3 is 1.98 bits per heavy atom. The lowest BCUT2D eigenvalue weighted by molar-refractivity contribution is -0.131. The van der Waals surface area contributed by atoms with E-state index < -0.39 is 47.7 Å². The van der Waals surface area contributed by atoms with Gasteiger partial charge in [-0.1, -0.05) is 26.0 Å². The van der Waals surface area contributed by atoms with Crippen LogP contribution in [0.1, 0.15) is 59.9 Å². The number of urea groups is 1. The van der Waals surface area contributed by atoms with Crippen molar-refractivity contribution in [2.45, 2.75) is 78.7 Å². The van der Waals surface area contributed by atoms with E-state index in [-0.39, 0.29) is 44.5 Å². The van der Waals surface area contributed by atoms with Crippen LogP contribution in [0.4, 0.5) is 20.1 Å². The Hall–Kier alpha value is -4.56. The van der Waals surface area contributed by atoms with E-state index in [2.05, 4.69) is 21.3 Å². The van der Waals surface area contributed by atoms with Crippen molar-refractivity contribution in [3.05, 3.63) is 29.8 Å². The Balaban J connectivity index is 2.75. The van der Waals surface area contributed by atoms with Gasteiger partial charge in [-0.25, -0.2) is 14.4 Å². The highest BCUT2D eigenvalue weighted by atomic mass is 16.6. The van der Waals surface area contributed by atoms with Gasteiger partial charge in [0.05, 0.1) is 0 Å². The number of likely N-dealkylation sites (N-methyl/N-ethyl adjacent to an activating group) is 2. The molecule has 0 radical (unpaired) electrons. The largest absolute Gasteiger partial charge is 0.445 e. The quantitative estimate of drug-likeness (QED) is 0.180. The van der Waals surface area contributed by atoms with Gasteiger partial charge in [-0.3, -0.25) is 14.4 Å². The third kappa shape index (κ3) is 15.6. The van der Waals surface area contributed by atoms with Crippen LogP contribution >= 0.6 is 0 Å². The Morgan fingerprint density at radius 2 is 1.47 bits per heavy atom. The molecule has 252 valence electrons. The smallest absolute Gasteiger partial charge is 0.410 e. The van der Waals surface area contributed by atoms with E-state index in [1.807, 2.05) is 0 Å². The number of primary amides is 1. The van der Waals surface area contributed by atoms with E-state index in [1.54, 1.807) is 73.0 Å². The fourth-order valence-electron chi connectivity index (χ4n) is 3.79. The monoisotopic (exact) mass is 635 g/mol. The summed E-state index contributed by atoms with van der Waals surface area (Å²) in [5.41, 5.74) is 5.58. The van der Waals surface area contributed by atoms with Crippen LogP contribution in [0, 0.1) is 5.92 Å². The molecule has 1 aromatic rings. The zero-order valence-electron chi connectivity index (χ0n) is 27.5. The Labute approximate surface area is 264 Å². The first-order valence-corrected chi connectivity index (χ1v) is 14.7. The first-order valence-electron chi connectivity index (χ1n) is 14.7. The van der Waals surface area contributed by atoms with Crippen molar-refractivity contribution in [3.8, 4) is 0 Å². The van der Waals surface area contributed by atoms with Crippen LogP contribution in [0.15, 0.2) is 24.3 Å². The highest BCUT2D eigenvalue weighted by Gasteiger charge is 2.28. The molecule has 0 unspecified atom stereocenters. The molecule has 0 aliphatic rings. The molecular weight excluding hydrogens is 586 g/mol. The van der Waals surface area contributed by atoms with Crippen LogP contribution in [-0.4, -0.2) is 97.2 Å². The SMILES string of the molecule is CC(=O)N[C@H](C(=O)N[C@@H](CCCNC(N)=O)C(=O)Nc1ccc(COC(=O)N(C)CCN(C)C(=O)OC(C)(C)C)cc1)C(C)C. The molecule has 0 aliphatic carbocycles. The third-order valence-electron chi connectivity index (χ3n) is 6.28. The van der Waals surface area contributed by atoms with Crippen molar-refractivity contribution < 1.29 is 38.2 Å². The van der Waals surface area contributed by atoms with Gasteiger partial charge in [0.1, 0.15) is 24.3 Å². The molecule has 0 spiro atoms. The van der Waals surface area contributed by atoms with Crippen molar-refractivity contribution in [3.63, 3.8) is 0 Å². The number of carbonyl (C=O) groups excluding carboxylic acids is 6. The summed E-state index contributed by atoms with van der Waals surface area (Å²) in [5, 5.41) is 10.5. The minimum atomic E-state index is -0.965. The first-order chi connectivity index (χ1) is 20.9. The zero-order chi connectivity index (χ0) is 34.3. The number of nitrogens with one attached hydrogen (secondary N) is 4. The normalized spacial score (nSPS) is 12.3.